The van der Waals surface area contributed by atoms with E-state index in [2.05, 4.69) is 176 Å². The molecule has 0 saturated heterocycles. The van der Waals surface area contributed by atoms with Gasteiger partial charge in [-0.15, -0.1) is 0 Å². The Labute approximate surface area is 312 Å². The molecule has 252 valence electrons. The molecule has 0 aliphatic heterocycles. The van der Waals surface area contributed by atoms with E-state index in [-0.39, 0.29) is 0 Å². The Morgan fingerprint density at radius 1 is 0.389 bits per heavy atom. The van der Waals surface area contributed by atoms with Gasteiger partial charge in [0.05, 0.1) is 16.8 Å². The standard InChI is InChI=1S/C51H32N2O/c1-3-16-37(17-4-1)51(38-18-5-2-6-19-38)43-23-11-9-20-39(43)40-29-28-35(31-44(40)51)45-32-46(41-22-13-25-48-49(41)42-21-10-12-24-47(42)54-48)53-50(52-45)36-27-26-33-14-7-8-15-34(33)30-36/h1-32H. The van der Waals surface area contributed by atoms with Gasteiger partial charge in [-0.25, -0.2) is 9.97 Å². The number of nitrogens with zero attached hydrogens (tertiary/aromatic N) is 2. The van der Waals surface area contributed by atoms with E-state index in [1.165, 1.54) is 38.8 Å². The lowest BCUT2D eigenvalue weighted by molar-refractivity contribution is 0.669. The fourth-order valence-corrected chi connectivity index (χ4v) is 8.78. The molecule has 0 atom stereocenters. The number of hydrogen-bond acceptors (Lipinski definition) is 3. The van der Waals surface area contributed by atoms with Crippen molar-refractivity contribution in [2.75, 3.05) is 0 Å². The van der Waals surface area contributed by atoms with Crippen molar-refractivity contribution in [3.05, 3.63) is 216 Å². The minimum Gasteiger partial charge on any atom is -0.456 e. The second kappa shape index (κ2) is 12.0. The Bertz CT molecular complexity index is 3010. The molecule has 1 aliphatic rings. The van der Waals surface area contributed by atoms with Gasteiger partial charge in [0, 0.05) is 27.5 Å². The first-order valence-electron chi connectivity index (χ1n) is 18.4. The number of rotatable bonds is 5. The predicted octanol–water partition coefficient (Wildman–Crippen LogP) is 12.9. The van der Waals surface area contributed by atoms with Crippen molar-refractivity contribution in [2.24, 2.45) is 0 Å². The monoisotopic (exact) mass is 688 g/mol. The van der Waals surface area contributed by atoms with Crippen LogP contribution in [0.15, 0.2) is 199 Å². The van der Waals surface area contributed by atoms with Gasteiger partial charge in [0.2, 0.25) is 0 Å². The zero-order chi connectivity index (χ0) is 35.6. The molecule has 0 fully saturated rings. The van der Waals surface area contributed by atoms with Gasteiger partial charge >= 0.3 is 0 Å². The lowest BCUT2D eigenvalue weighted by atomic mass is 9.67. The third kappa shape index (κ3) is 4.55. The van der Waals surface area contributed by atoms with E-state index in [1.54, 1.807) is 0 Å². The van der Waals surface area contributed by atoms with E-state index in [0.29, 0.717) is 5.82 Å². The molecule has 10 aromatic rings. The summed E-state index contributed by atoms with van der Waals surface area (Å²) in [6, 6.07) is 69.2. The van der Waals surface area contributed by atoms with Crippen LogP contribution in [0.1, 0.15) is 22.3 Å². The minimum absolute atomic E-state index is 0.511. The van der Waals surface area contributed by atoms with Crippen molar-refractivity contribution < 1.29 is 4.42 Å². The normalized spacial score (nSPS) is 13.0. The number of hydrogen-bond donors (Lipinski definition) is 0. The maximum atomic E-state index is 6.34. The van der Waals surface area contributed by atoms with E-state index in [1.807, 2.05) is 18.2 Å². The van der Waals surface area contributed by atoms with Gasteiger partial charge in [-0.1, -0.05) is 164 Å². The van der Waals surface area contributed by atoms with Crippen molar-refractivity contribution in [3.63, 3.8) is 0 Å². The van der Waals surface area contributed by atoms with E-state index in [9.17, 15) is 0 Å². The van der Waals surface area contributed by atoms with Gasteiger partial charge in [0.1, 0.15) is 11.2 Å². The summed E-state index contributed by atoms with van der Waals surface area (Å²) in [5.41, 5.74) is 13.4. The minimum atomic E-state index is -0.511. The maximum absolute atomic E-state index is 6.34. The zero-order valence-corrected chi connectivity index (χ0v) is 29.3. The van der Waals surface area contributed by atoms with Crippen molar-refractivity contribution >= 4 is 32.7 Å². The van der Waals surface area contributed by atoms with E-state index >= 15 is 0 Å². The molecule has 3 nitrogen and oxygen atoms in total. The fraction of sp³-hybridized carbons (Fsp3) is 0.0196. The molecule has 2 heterocycles. The molecule has 0 spiro atoms. The van der Waals surface area contributed by atoms with Crippen LogP contribution in [-0.4, -0.2) is 9.97 Å². The van der Waals surface area contributed by atoms with Crippen LogP contribution in [0.25, 0.3) is 77.7 Å². The number of para-hydroxylation sites is 1. The molecule has 0 radical (unpaired) electrons. The first-order valence-corrected chi connectivity index (χ1v) is 18.4. The van der Waals surface area contributed by atoms with E-state index in [0.717, 1.165) is 55.4 Å². The van der Waals surface area contributed by atoms with Crippen LogP contribution in [0, 0.1) is 0 Å². The molecular formula is C51H32N2O. The molecule has 11 rings (SSSR count). The lowest BCUT2D eigenvalue weighted by Crippen LogP contribution is -2.28. The van der Waals surface area contributed by atoms with Crippen LogP contribution in [0.4, 0.5) is 0 Å². The summed E-state index contributed by atoms with van der Waals surface area (Å²) in [5.74, 6) is 0.680. The summed E-state index contributed by atoms with van der Waals surface area (Å²) in [5, 5.41) is 4.46. The second-order valence-corrected chi connectivity index (χ2v) is 14.1. The average Bonchev–Trinajstić information content (AvgIpc) is 3.78. The third-order valence-corrected chi connectivity index (χ3v) is 11.2. The smallest absolute Gasteiger partial charge is 0.160 e. The summed E-state index contributed by atoms with van der Waals surface area (Å²) in [6.45, 7) is 0. The summed E-state index contributed by atoms with van der Waals surface area (Å²) < 4.78 is 6.34. The van der Waals surface area contributed by atoms with Gasteiger partial charge in [-0.05, 0) is 74.5 Å². The van der Waals surface area contributed by atoms with Crippen LogP contribution in [0.3, 0.4) is 0 Å². The molecule has 8 aromatic carbocycles. The number of furan rings is 1. The summed E-state index contributed by atoms with van der Waals surface area (Å²) in [7, 11) is 0. The molecular weight excluding hydrogens is 657 g/mol. The van der Waals surface area contributed by atoms with Crippen LogP contribution in [0.5, 0.6) is 0 Å². The van der Waals surface area contributed by atoms with Gasteiger partial charge in [0.25, 0.3) is 0 Å². The number of fused-ring (bicyclic) bond motifs is 7. The summed E-state index contributed by atoms with van der Waals surface area (Å²) >= 11 is 0. The first kappa shape index (κ1) is 30.5. The highest BCUT2D eigenvalue weighted by Gasteiger charge is 2.46. The predicted molar refractivity (Wildman–Crippen MR) is 220 cm³/mol. The molecule has 0 amide bonds. The Hall–Kier alpha value is -7.10. The molecule has 0 saturated carbocycles. The summed E-state index contributed by atoms with van der Waals surface area (Å²) in [6.07, 6.45) is 0. The molecule has 0 unspecified atom stereocenters. The largest absolute Gasteiger partial charge is 0.456 e. The highest BCUT2D eigenvalue weighted by molar-refractivity contribution is 6.12. The molecule has 0 bridgehead atoms. The quantitative estimate of drug-likeness (QED) is 0.181. The third-order valence-electron chi connectivity index (χ3n) is 11.2. The van der Waals surface area contributed by atoms with Crippen LogP contribution >= 0.6 is 0 Å². The van der Waals surface area contributed by atoms with Gasteiger partial charge in [-0.2, -0.15) is 0 Å². The van der Waals surface area contributed by atoms with E-state index in [4.69, 9.17) is 14.4 Å². The topological polar surface area (TPSA) is 38.9 Å². The number of aromatic nitrogens is 2. The molecule has 2 aromatic heterocycles. The van der Waals surface area contributed by atoms with Gasteiger partial charge in [-0.3, -0.25) is 0 Å². The van der Waals surface area contributed by atoms with Crippen molar-refractivity contribution in [2.45, 2.75) is 5.41 Å². The first-order chi connectivity index (χ1) is 26.8. The molecule has 54 heavy (non-hydrogen) atoms. The Kier molecular flexibility index (Phi) is 6.77. The van der Waals surface area contributed by atoms with Gasteiger partial charge < -0.3 is 4.42 Å². The Morgan fingerprint density at radius 2 is 1.02 bits per heavy atom. The Morgan fingerprint density at radius 3 is 1.85 bits per heavy atom. The zero-order valence-electron chi connectivity index (χ0n) is 29.3. The second-order valence-electron chi connectivity index (χ2n) is 14.1. The van der Waals surface area contributed by atoms with E-state index < -0.39 is 5.41 Å². The van der Waals surface area contributed by atoms with Crippen molar-refractivity contribution in [1.82, 2.24) is 9.97 Å². The molecule has 1 aliphatic carbocycles. The fourth-order valence-electron chi connectivity index (χ4n) is 8.78. The number of benzene rings is 8. The van der Waals surface area contributed by atoms with Crippen molar-refractivity contribution in [3.8, 4) is 45.0 Å². The highest BCUT2D eigenvalue weighted by Crippen LogP contribution is 2.56. The SMILES string of the molecule is c1ccc(C2(c3ccccc3)c3ccccc3-c3ccc(-c4cc(-c5cccc6oc7ccccc7c56)nc(-c5ccc6ccccc6c5)n4)cc32)cc1. The maximum Gasteiger partial charge on any atom is 0.160 e. The van der Waals surface area contributed by atoms with Crippen LogP contribution in [0.2, 0.25) is 0 Å². The Balaban J connectivity index is 1.19. The average molecular weight is 689 g/mol. The van der Waals surface area contributed by atoms with Crippen LogP contribution in [-0.2, 0) is 5.41 Å². The van der Waals surface area contributed by atoms with Crippen molar-refractivity contribution in [1.29, 1.82) is 0 Å². The highest BCUT2D eigenvalue weighted by atomic mass is 16.3. The van der Waals surface area contributed by atoms with Crippen LogP contribution < -0.4 is 0 Å². The molecule has 3 heteroatoms. The molecule has 0 N–H and O–H groups in total. The summed E-state index contributed by atoms with van der Waals surface area (Å²) in [4.78, 5) is 10.7. The van der Waals surface area contributed by atoms with Gasteiger partial charge in [0.15, 0.2) is 5.82 Å². The lowest BCUT2D eigenvalue weighted by Gasteiger charge is -2.34.